The summed E-state index contributed by atoms with van der Waals surface area (Å²) in [6, 6.07) is 0. The number of fused-ring (bicyclic) bond motifs is 1. The highest BCUT2D eigenvalue weighted by Crippen LogP contribution is 2.41. The summed E-state index contributed by atoms with van der Waals surface area (Å²) in [4.78, 5) is 11.6. The van der Waals surface area contributed by atoms with Crippen molar-refractivity contribution < 1.29 is 19.0 Å². The molecule has 2 aliphatic rings. The highest BCUT2D eigenvalue weighted by molar-refractivity contribution is 5.79. The van der Waals surface area contributed by atoms with Crippen LogP contribution in [0.3, 0.4) is 0 Å². The molecule has 14 heavy (non-hydrogen) atoms. The van der Waals surface area contributed by atoms with Crippen molar-refractivity contribution in [3.63, 3.8) is 0 Å². The van der Waals surface area contributed by atoms with Crippen LogP contribution < -0.4 is 0 Å². The molecule has 4 heteroatoms. The molecule has 0 bridgehead atoms. The zero-order valence-corrected chi connectivity index (χ0v) is 8.62. The third kappa shape index (κ3) is 1.53. The van der Waals surface area contributed by atoms with E-state index in [0.717, 1.165) is 19.4 Å². The fourth-order valence-corrected chi connectivity index (χ4v) is 2.16. The van der Waals surface area contributed by atoms with Gasteiger partial charge in [0.2, 0.25) is 0 Å². The van der Waals surface area contributed by atoms with Crippen LogP contribution in [-0.2, 0) is 19.0 Å². The third-order valence-corrected chi connectivity index (χ3v) is 2.89. The molecule has 2 heterocycles. The molecule has 0 saturated carbocycles. The van der Waals surface area contributed by atoms with Gasteiger partial charge < -0.3 is 14.2 Å². The van der Waals surface area contributed by atoms with E-state index in [2.05, 4.69) is 0 Å². The van der Waals surface area contributed by atoms with E-state index in [0.29, 0.717) is 12.5 Å². The van der Waals surface area contributed by atoms with Gasteiger partial charge in [-0.25, -0.2) is 4.79 Å². The molecule has 0 aromatic carbocycles. The van der Waals surface area contributed by atoms with Crippen molar-refractivity contribution in [3.8, 4) is 0 Å². The van der Waals surface area contributed by atoms with Crippen molar-refractivity contribution in [3.05, 3.63) is 0 Å². The minimum absolute atomic E-state index is 0.190. The number of carbonyl (C=O) groups is 1. The fraction of sp³-hybridized carbons (Fsp3) is 0.900. The molecule has 0 unspecified atom stereocenters. The van der Waals surface area contributed by atoms with Crippen LogP contribution in [0.15, 0.2) is 0 Å². The number of ether oxygens (including phenoxy) is 3. The number of carbonyl (C=O) groups excluding carboxylic acids is 1. The van der Waals surface area contributed by atoms with Crippen molar-refractivity contribution in [1.29, 1.82) is 0 Å². The van der Waals surface area contributed by atoms with Crippen LogP contribution >= 0.6 is 0 Å². The molecule has 0 aromatic rings. The second-order valence-corrected chi connectivity index (χ2v) is 4.06. The van der Waals surface area contributed by atoms with Crippen LogP contribution in [0.2, 0.25) is 0 Å². The minimum atomic E-state index is -0.786. The largest absolute Gasteiger partial charge is 0.464 e. The van der Waals surface area contributed by atoms with Crippen LogP contribution in [0.4, 0.5) is 0 Å². The minimum Gasteiger partial charge on any atom is -0.464 e. The Labute approximate surface area is 83.5 Å². The highest BCUT2D eigenvalue weighted by Gasteiger charge is 2.51. The first kappa shape index (κ1) is 9.93. The Morgan fingerprint density at radius 3 is 3.07 bits per heavy atom. The van der Waals surface area contributed by atoms with Gasteiger partial charge >= 0.3 is 5.97 Å². The molecule has 0 aromatic heterocycles. The molecule has 0 spiro atoms. The van der Waals surface area contributed by atoms with E-state index in [-0.39, 0.29) is 12.3 Å². The van der Waals surface area contributed by atoms with Gasteiger partial charge in [0.25, 0.3) is 0 Å². The van der Waals surface area contributed by atoms with Crippen LogP contribution in [0, 0.1) is 5.92 Å². The van der Waals surface area contributed by atoms with Crippen molar-refractivity contribution in [2.75, 3.05) is 13.2 Å². The summed E-state index contributed by atoms with van der Waals surface area (Å²) in [5.74, 6) is 0.0995. The Kier molecular flexibility index (Phi) is 2.49. The van der Waals surface area contributed by atoms with Crippen molar-refractivity contribution in [2.45, 2.75) is 38.6 Å². The maximum Gasteiger partial charge on any atom is 0.338 e. The number of hydrogen-bond acceptors (Lipinski definition) is 4. The van der Waals surface area contributed by atoms with Crippen molar-refractivity contribution >= 4 is 5.97 Å². The van der Waals surface area contributed by atoms with Crippen LogP contribution in [-0.4, -0.2) is 31.1 Å². The van der Waals surface area contributed by atoms with E-state index in [9.17, 15) is 4.79 Å². The molecule has 2 rings (SSSR count). The van der Waals surface area contributed by atoms with Gasteiger partial charge in [-0.1, -0.05) is 0 Å². The van der Waals surface area contributed by atoms with E-state index in [4.69, 9.17) is 14.2 Å². The molecule has 0 aliphatic carbocycles. The quantitative estimate of drug-likeness (QED) is 0.626. The van der Waals surface area contributed by atoms with Gasteiger partial charge in [0.1, 0.15) is 0 Å². The topological polar surface area (TPSA) is 44.8 Å². The van der Waals surface area contributed by atoms with E-state index in [1.165, 1.54) is 0 Å². The van der Waals surface area contributed by atoms with Gasteiger partial charge in [-0.2, -0.15) is 0 Å². The predicted molar refractivity (Wildman–Crippen MR) is 48.6 cm³/mol. The van der Waals surface area contributed by atoms with Gasteiger partial charge in [0, 0.05) is 5.92 Å². The lowest BCUT2D eigenvalue weighted by molar-refractivity contribution is -0.188. The maximum absolute atomic E-state index is 11.6. The number of hydrogen-bond donors (Lipinski definition) is 0. The summed E-state index contributed by atoms with van der Waals surface area (Å²) in [5.41, 5.74) is -0.786. The molecule has 4 nitrogen and oxygen atoms in total. The standard InChI is InChI=1S/C10H16O4/c1-3-12-9(11)10(2)6-7-4-5-13-8(7)14-10/h7-8H,3-6H2,1-2H3/t7-,8+,10-/m0/s1. The van der Waals surface area contributed by atoms with Crippen LogP contribution in [0.5, 0.6) is 0 Å². The van der Waals surface area contributed by atoms with Gasteiger partial charge in [-0.3, -0.25) is 0 Å². The summed E-state index contributed by atoms with van der Waals surface area (Å²) in [7, 11) is 0. The van der Waals surface area contributed by atoms with Gasteiger partial charge in [-0.05, 0) is 26.7 Å². The molecule has 3 atom stereocenters. The monoisotopic (exact) mass is 200 g/mol. The molecular formula is C10H16O4. The lowest BCUT2D eigenvalue weighted by Crippen LogP contribution is -2.37. The first-order valence-corrected chi connectivity index (χ1v) is 5.12. The second kappa shape index (κ2) is 3.51. The Hall–Kier alpha value is -0.610. The lowest BCUT2D eigenvalue weighted by Gasteiger charge is -2.22. The van der Waals surface area contributed by atoms with E-state index in [1.54, 1.807) is 13.8 Å². The van der Waals surface area contributed by atoms with Gasteiger partial charge in [0.05, 0.1) is 13.2 Å². The van der Waals surface area contributed by atoms with Crippen molar-refractivity contribution in [1.82, 2.24) is 0 Å². The average molecular weight is 200 g/mol. The second-order valence-electron chi connectivity index (χ2n) is 4.06. The first-order chi connectivity index (χ1) is 6.65. The predicted octanol–water partition coefficient (Wildman–Crippen LogP) is 1.09. The molecule has 0 radical (unpaired) electrons. The van der Waals surface area contributed by atoms with E-state index in [1.807, 2.05) is 0 Å². The molecule has 2 saturated heterocycles. The Morgan fingerprint density at radius 2 is 2.43 bits per heavy atom. The Bertz CT molecular complexity index is 226. The highest BCUT2D eigenvalue weighted by atomic mass is 16.7. The normalized spacial score (nSPS) is 41.0. The summed E-state index contributed by atoms with van der Waals surface area (Å²) >= 11 is 0. The first-order valence-electron chi connectivity index (χ1n) is 5.12. The Balaban J connectivity index is 2.01. The zero-order valence-electron chi connectivity index (χ0n) is 8.62. The SMILES string of the molecule is CCOC(=O)[C@]1(C)C[C@@H]2CCO[C@@H]2O1. The van der Waals surface area contributed by atoms with Gasteiger partial charge in [0.15, 0.2) is 11.9 Å². The third-order valence-electron chi connectivity index (χ3n) is 2.89. The molecular weight excluding hydrogens is 184 g/mol. The maximum atomic E-state index is 11.6. The van der Waals surface area contributed by atoms with Gasteiger partial charge in [-0.15, -0.1) is 0 Å². The molecule has 2 aliphatic heterocycles. The smallest absolute Gasteiger partial charge is 0.338 e. The average Bonchev–Trinajstić information content (AvgIpc) is 2.63. The van der Waals surface area contributed by atoms with Crippen LogP contribution in [0.1, 0.15) is 26.7 Å². The molecule has 80 valence electrons. The summed E-state index contributed by atoms with van der Waals surface area (Å²) < 4.78 is 15.9. The van der Waals surface area contributed by atoms with Crippen molar-refractivity contribution in [2.24, 2.45) is 5.92 Å². The van der Waals surface area contributed by atoms with E-state index < -0.39 is 5.60 Å². The summed E-state index contributed by atoms with van der Waals surface area (Å²) in [6.45, 7) is 4.72. The summed E-state index contributed by atoms with van der Waals surface area (Å²) in [6.07, 6.45) is 1.51. The molecule has 0 N–H and O–H groups in total. The Morgan fingerprint density at radius 1 is 1.64 bits per heavy atom. The zero-order chi connectivity index (χ0) is 10.2. The fourth-order valence-electron chi connectivity index (χ4n) is 2.16. The summed E-state index contributed by atoms with van der Waals surface area (Å²) in [5, 5.41) is 0. The molecule has 0 amide bonds. The lowest BCUT2D eigenvalue weighted by atomic mass is 9.94. The number of esters is 1. The number of rotatable bonds is 2. The molecule has 2 fully saturated rings. The van der Waals surface area contributed by atoms with E-state index >= 15 is 0 Å². The van der Waals surface area contributed by atoms with Crippen LogP contribution in [0.25, 0.3) is 0 Å².